The smallest absolute Gasteiger partial charge is 0.239 e. The van der Waals surface area contributed by atoms with Crippen molar-refractivity contribution in [2.75, 3.05) is 18.5 Å². The topological polar surface area (TPSA) is 71.2 Å². The molecule has 0 spiro atoms. The van der Waals surface area contributed by atoms with Gasteiger partial charge in [-0.1, -0.05) is 18.3 Å². The second kappa shape index (κ2) is 6.30. The van der Waals surface area contributed by atoms with Crippen molar-refractivity contribution < 1.29 is 4.79 Å². The number of nitrogens with zero attached hydrogens (tertiary/aromatic N) is 2. The van der Waals surface area contributed by atoms with Crippen molar-refractivity contribution in [2.45, 2.75) is 19.9 Å². The largest absolute Gasteiger partial charge is 0.388 e. The maximum absolute atomic E-state index is 11.6. The average Bonchev–Trinajstić information content (AvgIpc) is 2.27. The first-order chi connectivity index (χ1) is 8.40. The zero-order chi connectivity index (χ0) is 13.7. The Morgan fingerprint density at radius 1 is 1.56 bits per heavy atom. The second-order valence-electron chi connectivity index (χ2n) is 4.32. The number of carbonyl (C=O) groups excluding carboxylic acids is 1. The zero-order valence-corrected chi connectivity index (χ0v) is 11.6. The lowest BCUT2D eigenvalue weighted by molar-refractivity contribution is -0.120. The Kier molecular flexibility index (Phi) is 5.03. The van der Waals surface area contributed by atoms with E-state index in [9.17, 15) is 4.79 Å². The fourth-order valence-electron chi connectivity index (χ4n) is 1.44. The van der Waals surface area contributed by atoms with Crippen LogP contribution in [0.1, 0.15) is 19.5 Å². The minimum absolute atomic E-state index is 0.0463. The maximum atomic E-state index is 11.6. The van der Waals surface area contributed by atoms with Crippen LogP contribution < -0.4 is 16.0 Å². The van der Waals surface area contributed by atoms with Gasteiger partial charge in [-0.25, -0.2) is 4.98 Å². The fourth-order valence-corrected chi connectivity index (χ4v) is 1.55. The SMILES string of the molecule is CC(C)NC(=O)CN(C)c1cccc(C(N)=S)n1. The number of nitrogens with two attached hydrogens (primary N) is 1. The molecule has 0 aliphatic carbocycles. The molecule has 1 aromatic heterocycles. The van der Waals surface area contributed by atoms with Crippen molar-refractivity contribution in [2.24, 2.45) is 5.73 Å². The van der Waals surface area contributed by atoms with Crippen LogP contribution in [0.3, 0.4) is 0 Å². The molecule has 1 amide bonds. The number of pyridine rings is 1. The van der Waals surface area contributed by atoms with Gasteiger partial charge in [-0.2, -0.15) is 0 Å². The summed E-state index contributed by atoms with van der Waals surface area (Å²) in [5.74, 6) is 0.620. The van der Waals surface area contributed by atoms with Crippen molar-refractivity contribution in [3.8, 4) is 0 Å². The highest BCUT2D eigenvalue weighted by atomic mass is 32.1. The third-order valence-corrected chi connectivity index (χ3v) is 2.42. The maximum Gasteiger partial charge on any atom is 0.239 e. The minimum Gasteiger partial charge on any atom is -0.388 e. The Labute approximate surface area is 112 Å². The summed E-state index contributed by atoms with van der Waals surface area (Å²) in [6, 6.07) is 5.49. The van der Waals surface area contributed by atoms with Gasteiger partial charge in [-0.05, 0) is 26.0 Å². The molecule has 1 aromatic rings. The summed E-state index contributed by atoms with van der Waals surface area (Å²) in [5.41, 5.74) is 6.08. The van der Waals surface area contributed by atoms with Crippen molar-refractivity contribution in [3.63, 3.8) is 0 Å². The number of carbonyl (C=O) groups is 1. The number of hydrogen-bond donors (Lipinski definition) is 2. The standard InChI is InChI=1S/C12H18N4OS/c1-8(2)14-11(17)7-16(3)10-6-4-5-9(15-10)12(13)18/h4-6,8H,7H2,1-3H3,(H2,13,18)(H,14,17). The molecule has 0 atom stereocenters. The molecule has 5 nitrogen and oxygen atoms in total. The van der Waals surface area contributed by atoms with Crippen molar-refractivity contribution in [1.82, 2.24) is 10.3 Å². The van der Waals surface area contributed by atoms with Crippen LogP contribution in [0.4, 0.5) is 5.82 Å². The molecule has 0 aliphatic rings. The first-order valence-electron chi connectivity index (χ1n) is 5.67. The number of thiocarbonyl (C=S) groups is 1. The van der Waals surface area contributed by atoms with E-state index in [1.54, 1.807) is 18.0 Å². The lowest BCUT2D eigenvalue weighted by Crippen LogP contribution is -2.38. The number of amides is 1. The lowest BCUT2D eigenvalue weighted by Gasteiger charge is -2.19. The predicted octanol–water partition coefficient (Wildman–Crippen LogP) is 0.677. The van der Waals surface area contributed by atoms with Crippen LogP contribution in [0.25, 0.3) is 0 Å². The summed E-state index contributed by atoms with van der Waals surface area (Å²) in [7, 11) is 1.80. The summed E-state index contributed by atoms with van der Waals surface area (Å²) in [5, 5.41) is 2.82. The first-order valence-corrected chi connectivity index (χ1v) is 6.08. The van der Waals surface area contributed by atoms with E-state index in [0.29, 0.717) is 11.5 Å². The van der Waals surface area contributed by atoms with Gasteiger partial charge in [0.05, 0.1) is 12.2 Å². The van der Waals surface area contributed by atoms with E-state index in [4.69, 9.17) is 18.0 Å². The van der Waals surface area contributed by atoms with Crippen molar-refractivity contribution in [3.05, 3.63) is 23.9 Å². The van der Waals surface area contributed by atoms with Gasteiger partial charge in [0.2, 0.25) is 5.91 Å². The Hall–Kier alpha value is -1.69. The Morgan fingerprint density at radius 2 is 2.22 bits per heavy atom. The summed E-state index contributed by atoms with van der Waals surface area (Å²) >= 11 is 4.87. The molecule has 0 unspecified atom stereocenters. The molecule has 18 heavy (non-hydrogen) atoms. The van der Waals surface area contributed by atoms with E-state index in [-0.39, 0.29) is 23.5 Å². The van der Waals surface area contributed by atoms with Gasteiger partial charge in [0.25, 0.3) is 0 Å². The van der Waals surface area contributed by atoms with Gasteiger partial charge < -0.3 is 16.0 Å². The molecule has 3 N–H and O–H groups in total. The zero-order valence-electron chi connectivity index (χ0n) is 10.8. The molecule has 0 aromatic carbocycles. The van der Waals surface area contributed by atoms with Gasteiger partial charge in [0.15, 0.2) is 0 Å². The first kappa shape index (κ1) is 14.4. The van der Waals surface area contributed by atoms with Gasteiger partial charge in [-0.15, -0.1) is 0 Å². The van der Waals surface area contributed by atoms with E-state index in [2.05, 4.69) is 10.3 Å². The molecule has 1 heterocycles. The molecule has 0 radical (unpaired) electrons. The van der Waals surface area contributed by atoms with Crippen LogP contribution in [0, 0.1) is 0 Å². The van der Waals surface area contributed by atoms with Crippen LogP contribution in [-0.2, 0) is 4.79 Å². The molecule has 0 aliphatic heterocycles. The molecular formula is C12H18N4OS. The number of aromatic nitrogens is 1. The van der Waals surface area contributed by atoms with E-state index >= 15 is 0 Å². The number of nitrogens with one attached hydrogen (secondary N) is 1. The highest BCUT2D eigenvalue weighted by Crippen LogP contribution is 2.09. The molecule has 0 bridgehead atoms. The van der Waals surface area contributed by atoms with Crippen molar-refractivity contribution in [1.29, 1.82) is 0 Å². The Bertz CT molecular complexity index is 447. The number of anilines is 1. The predicted molar refractivity (Wildman–Crippen MR) is 76.7 cm³/mol. The number of likely N-dealkylation sites (N-methyl/N-ethyl adjacent to an activating group) is 1. The average molecular weight is 266 g/mol. The van der Waals surface area contributed by atoms with E-state index < -0.39 is 0 Å². The van der Waals surface area contributed by atoms with E-state index in [1.807, 2.05) is 26.0 Å². The van der Waals surface area contributed by atoms with Gasteiger partial charge in [0, 0.05) is 13.1 Å². The summed E-state index contributed by atoms with van der Waals surface area (Å²) in [4.78, 5) is 17.9. The number of hydrogen-bond acceptors (Lipinski definition) is 4. The van der Waals surface area contributed by atoms with Crippen LogP contribution in [0.5, 0.6) is 0 Å². The molecule has 0 fully saturated rings. The van der Waals surface area contributed by atoms with Crippen molar-refractivity contribution >= 4 is 28.9 Å². The quantitative estimate of drug-likeness (QED) is 0.767. The van der Waals surface area contributed by atoms with Gasteiger partial charge in [0.1, 0.15) is 10.8 Å². The second-order valence-corrected chi connectivity index (χ2v) is 4.76. The Balaban J connectivity index is 2.72. The van der Waals surface area contributed by atoms with Gasteiger partial charge in [-0.3, -0.25) is 4.79 Å². The monoisotopic (exact) mass is 266 g/mol. The molecule has 0 saturated carbocycles. The molecular weight excluding hydrogens is 248 g/mol. The van der Waals surface area contributed by atoms with E-state index in [1.165, 1.54) is 0 Å². The van der Waals surface area contributed by atoms with Crippen LogP contribution >= 0.6 is 12.2 Å². The molecule has 6 heteroatoms. The molecule has 98 valence electrons. The highest BCUT2D eigenvalue weighted by Gasteiger charge is 2.10. The molecule has 0 saturated heterocycles. The molecule has 1 rings (SSSR count). The Morgan fingerprint density at radius 3 is 2.78 bits per heavy atom. The van der Waals surface area contributed by atoms with Crippen LogP contribution in [0.2, 0.25) is 0 Å². The van der Waals surface area contributed by atoms with Crippen LogP contribution in [-0.4, -0.2) is 35.5 Å². The third-order valence-electron chi connectivity index (χ3n) is 2.21. The fraction of sp³-hybridized carbons (Fsp3) is 0.417. The normalized spacial score (nSPS) is 10.2. The highest BCUT2D eigenvalue weighted by molar-refractivity contribution is 7.80. The van der Waals surface area contributed by atoms with E-state index in [0.717, 1.165) is 0 Å². The van der Waals surface area contributed by atoms with Crippen LogP contribution in [0.15, 0.2) is 18.2 Å². The minimum atomic E-state index is -0.0463. The third kappa shape index (κ3) is 4.29. The summed E-state index contributed by atoms with van der Waals surface area (Å²) in [6.07, 6.45) is 0. The van der Waals surface area contributed by atoms with Gasteiger partial charge >= 0.3 is 0 Å². The number of rotatable bonds is 5. The summed E-state index contributed by atoms with van der Waals surface area (Å²) in [6.45, 7) is 4.08. The lowest BCUT2D eigenvalue weighted by atomic mass is 10.3. The summed E-state index contributed by atoms with van der Waals surface area (Å²) < 4.78 is 0.